The Morgan fingerprint density at radius 1 is 1.48 bits per heavy atom. The Labute approximate surface area is 136 Å². The second-order valence-electron chi connectivity index (χ2n) is 4.32. The summed E-state index contributed by atoms with van der Waals surface area (Å²) in [6.07, 6.45) is 1.20. The summed E-state index contributed by atoms with van der Waals surface area (Å²) in [7, 11) is 0. The van der Waals surface area contributed by atoms with Gasteiger partial charge in [0.1, 0.15) is 5.01 Å². The van der Waals surface area contributed by atoms with Crippen LogP contribution >= 0.6 is 34.7 Å². The van der Waals surface area contributed by atoms with E-state index >= 15 is 0 Å². The third kappa shape index (κ3) is 5.18. The molecule has 21 heavy (non-hydrogen) atoms. The fraction of sp³-hybridized carbons (Fsp3) is 0.308. The number of amides is 1. The molecule has 112 valence electrons. The number of halogens is 1. The lowest BCUT2D eigenvalue weighted by atomic mass is 10.2. The van der Waals surface area contributed by atoms with Crippen molar-refractivity contribution in [2.75, 3.05) is 16.8 Å². The molecule has 1 aromatic carbocycles. The third-order valence-electron chi connectivity index (χ3n) is 2.57. The van der Waals surface area contributed by atoms with E-state index in [-0.39, 0.29) is 5.91 Å². The molecule has 0 saturated heterocycles. The summed E-state index contributed by atoms with van der Waals surface area (Å²) in [6, 6.07) is 5.01. The molecule has 0 radical (unpaired) electrons. The zero-order chi connectivity index (χ0) is 15.2. The highest BCUT2D eigenvalue weighted by atomic mass is 35.5. The number of aryl methyl sites for hydroxylation is 1. The monoisotopic (exact) mass is 342 g/mol. The second-order valence-corrected chi connectivity index (χ2v) is 7.28. The van der Waals surface area contributed by atoms with Gasteiger partial charge in [0.15, 0.2) is 4.34 Å². The van der Waals surface area contributed by atoms with E-state index in [9.17, 15) is 4.79 Å². The van der Waals surface area contributed by atoms with Crippen molar-refractivity contribution in [1.82, 2.24) is 10.2 Å². The maximum atomic E-state index is 11.8. The van der Waals surface area contributed by atoms with E-state index in [0.29, 0.717) is 22.8 Å². The van der Waals surface area contributed by atoms with Gasteiger partial charge in [-0.25, -0.2) is 0 Å². The second kappa shape index (κ2) is 7.63. The maximum absolute atomic E-state index is 11.8. The zero-order valence-corrected chi connectivity index (χ0v) is 13.8. The lowest BCUT2D eigenvalue weighted by Crippen LogP contribution is -2.12. The van der Waals surface area contributed by atoms with E-state index in [1.54, 1.807) is 41.3 Å². The predicted octanol–water partition coefficient (Wildman–Crippen LogP) is 3.59. The van der Waals surface area contributed by atoms with Crippen LogP contribution in [0.3, 0.4) is 0 Å². The van der Waals surface area contributed by atoms with Gasteiger partial charge < -0.3 is 11.1 Å². The van der Waals surface area contributed by atoms with Gasteiger partial charge in [-0.1, -0.05) is 34.7 Å². The van der Waals surface area contributed by atoms with Gasteiger partial charge >= 0.3 is 0 Å². The van der Waals surface area contributed by atoms with Crippen LogP contribution in [0.25, 0.3) is 0 Å². The molecular weight excluding hydrogens is 328 g/mol. The summed E-state index contributed by atoms with van der Waals surface area (Å²) < 4.78 is 0.940. The Bertz CT molecular complexity index is 632. The number of nitrogens with two attached hydrogens (primary N) is 1. The van der Waals surface area contributed by atoms with Crippen molar-refractivity contribution < 1.29 is 4.79 Å². The molecule has 0 saturated carbocycles. The van der Waals surface area contributed by atoms with Crippen LogP contribution in [0.5, 0.6) is 0 Å². The smallest absolute Gasteiger partial charge is 0.224 e. The molecule has 0 aliphatic heterocycles. The number of nitrogen functional groups attached to an aromatic ring is 1. The minimum atomic E-state index is -0.0573. The molecule has 0 bridgehead atoms. The van der Waals surface area contributed by atoms with Crippen molar-refractivity contribution in [1.29, 1.82) is 0 Å². The van der Waals surface area contributed by atoms with Crippen molar-refractivity contribution in [3.63, 3.8) is 0 Å². The molecule has 0 aliphatic carbocycles. The fourth-order valence-electron chi connectivity index (χ4n) is 1.59. The van der Waals surface area contributed by atoms with Gasteiger partial charge in [0.05, 0.1) is 11.4 Å². The molecule has 8 heteroatoms. The quantitative estimate of drug-likeness (QED) is 0.476. The van der Waals surface area contributed by atoms with Crippen LogP contribution in [0.15, 0.2) is 22.5 Å². The van der Waals surface area contributed by atoms with Crippen molar-refractivity contribution in [2.24, 2.45) is 0 Å². The highest BCUT2D eigenvalue weighted by molar-refractivity contribution is 8.01. The van der Waals surface area contributed by atoms with Gasteiger partial charge in [0.2, 0.25) is 5.91 Å². The molecule has 5 nitrogen and oxygen atoms in total. The Morgan fingerprint density at radius 2 is 2.29 bits per heavy atom. The maximum Gasteiger partial charge on any atom is 0.224 e. The molecular formula is C13H15ClN4OS2. The molecule has 1 heterocycles. The number of thioether (sulfide) groups is 1. The first kappa shape index (κ1) is 16.1. The van der Waals surface area contributed by atoms with Crippen molar-refractivity contribution in [2.45, 2.75) is 24.1 Å². The standard InChI is InChI=1S/C13H15ClN4OS2/c1-8-17-18-13(21-8)20-6-2-3-12(19)16-11-5-4-9(14)7-10(11)15/h4-5,7H,2-3,6,15H2,1H3,(H,16,19). The normalized spacial score (nSPS) is 10.6. The minimum absolute atomic E-state index is 0.0573. The Balaban J connectivity index is 1.72. The average Bonchev–Trinajstić information content (AvgIpc) is 2.84. The van der Waals surface area contributed by atoms with Crippen LogP contribution < -0.4 is 11.1 Å². The topological polar surface area (TPSA) is 80.9 Å². The van der Waals surface area contributed by atoms with Crippen molar-refractivity contribution >= 4 is 52.0 Å². The van der Waals surface area contributed by atoms with Gasteiger partial charge in [0.25, 0.3) is 0 Å². The van der Waals surface area contributed by atoms with Crippen LogP contribution in [0.4, 0.5) is 11.4 Å². The van der Waals surface area contributed by atoms with Crippen LogP contribution in [-0.2, 0) is 4.79 Å². The summed E-state index contributed by atoms with van der Waals surface area (Å²) in [5.74, 6) is 0.774. The molecule has 0 fully saturated rings. The number of carbonyl (C=O) groups excluding carboxylic acids is 1. The van der Waals surface area contributed by atoms with Crippen LogP contribution in [-0.4, -0.2) is 21.9 Å². The number of hydrogen-bond acceptors (Lipinski definition) is 6. The average molecular weight is 343 g/mol. The summed E-state index contributed by atoms with van der Waals surface area (Å²) in [5, 5.41) is 12.3. The lowest BCUT2D eigenvalue weighted by molar-refractivity contribution is -0.116. The Hall–Kier alpha value is -1.31. The number of aromatic nitrogens is 2. The highest BCUT2D eigenvalue weighted by Crippen LogP contribution is 2.24. The van der Waals surface area contributed by atoms with Gasteiger partial charge in [-0.05, 0) is 31.5 Å². The lowest BCUT2D eigenvalue weighted by Gasteiger charge is -2.08. The van der Waals surface area contributed by atoms with Gasteiger partial charge in [0, 0.05) is 17.2 Å². The van der Waals surface area contributed by atoms with Crippen LogP contribution in [0, 0.1) is 6.92 Å². The third-order valence-corrected chi connectivity index (χ3v) is 4.86. The van der Waals surface area contributed by atoms with Gasteiger partial charge in [-0.2, -0.15) is 0 Å². The van der Waals surface area contributed by atoms with E-state index in [0.717, 1.165) is 21.5 Å². The number of nitrogens with one attached hydrogen (secondary N) is 1. The largest absolute Gasteiger partial charge is 0.397 e. The molecule has 0 aliphatic rings. The Morgan fingerprint density at radius 3 is 2.95 bits per heavy atom. The first-order valence-corrected chi connectivity index (χ1v) is 8.50. The van der Waals surface area contributed by atoms with Gasteiger partial charge in [-0.3, -0.25) is 4.79 Å². The molecule has 0 unspecified atom stereocenters. The number of hydrogen-bond donors (Lipinski definition) is 2. The molecule has 0 spiro atoms. The summed E-state index contributed by atoms with van der Waals surface area (Å²) >= 11 is 8.99. The molecule has 0 atom stereocenters. The van der Waals surface area contributed by atoms with E-state index in [2.05, 4.69) is 15.5 Å². The highest BCUT2D eigenvalue weighted by Gasteiger charge is 2.07. The number of nitrogens with zero attached hydrogens (tertiary/aromatic N) is 2. The van der Waals surface area contributed by atoms with E-state index in [1.165, 1.54) is 0 Å². The number of benzene rings is 1. The molecule has 3 N–H and O–H groups in total. The number of rotatable bonds is 6. The summed E-state index contributed by atoms with van der Waals surface area (Å²) in [5.41, 5.74) is 6.85. The fourth-order valence-corrected chi connectivity index (χ4v) is 3.59. The van der Waals surface area contributed by atoms with Crippen molar-refractivity contribution in [3.05, 3.63) is 28.2 Å². The number of anilines is 2. The first-order chi connectivity index (χ1) is 10.0. The molecule has 1 amide bonds. The van der Waals surface area contributed by atoms with Crippen LogP contribution in [0.2, 0.25) is 5.02 Å². The number of carbonyl (C=O) groups is 1. The molecule has 2 rings (SSSR count). The van der Waals surface area contributed by atoms with E-state index in [1.807, 2.05) is 6.92 Å². The van der Waals surface area contributed by atoms with Crippen molar-refractivity contribution in [3.8, 4) is 0 Å². The first-order valence-electron chi connectivity index (χ1n) is 6.32. The summed E-state index contributed by atoms with van der Waals surface area (Å²) in [4.78, 5) is 11.8. The van der Waals surface area contributed by atoms with E-state index < -0.39 is 0 Å². The molecule has 1 aromatic heterocycles. The molecule has 2 aromatic rings. The SMILES string of the molecule is Cc1nnc(SCCCC(=O)Nc2ccc(Cl)cc2N)s1. The van der Waals surface area contributed by atoms with Crippen LogP contribution in [0.1, 0.15) is 17.8 Å². The minimum Gasteiger partial charge on any atom is -0.397 e. The zero-order valence-electron chi connectivity index (χ0n) is 11.4. The predicted molar refractivity (Wildman–Crippen MR) is 89.1 cm³/mol. The van der Waals surface area contributed by atoms with E-state index in [4.69, 9.17) is 17.3 Å². The summed E-state index contributed by atoms with van der Waals surface area (Å²) in [6.45, 7) is 1.92. The van der Waals surface area contributed by atoms with Gasteiger partial charge in [-0.15, -0.1) is 10.2 Å². The Kier molecular flexibility index (Phi) is 5.84.